The number of methoxy groups -OCH3 is 2. The van der Waals surface area contributed by atoms with Gasteiger partial charge < -0.3 is 14.8 Å². The number of rotatable bonds is 8. The van der Waals surface area contributed by atoms with Crippen LogP contribution in [0, 0.1) is 0 Å². The molecule has 1 fully saturated rings. The van der Waals surface area contributed by atoms with Crippen molar-refractivity contribution < 1.29 is 14.3 Å². The fraction of sp³-hybridized carbons (Fsp3) is 0.320. The molecule has 162 valence electrons. The maximum Gasteiger partial charge on any atom is 0.234 e. The highest BCUT2D eigenvalue weighted by Gasteiger charge is 2.29. The smallest absolute Gasteiger partial charge is 0.234 e. The number of carbonyl (C=O) groups excluding carboxylic acids is 1. The number of hydrogen-bond donors (Lipinski definition) is 1. The normalized spacial score (nSPS) is 16.4. The van der Waals surface area contributed by atoms with Gasteiger partial charge in [-0.25, -0.2) is 0 Å². The summed E-state index contributed by atoms with van der Waals surface area (Å²) in [7, 11) is 3.30. The van der Waals surface area contributed by atoms with E-state index in [2.05, 4.69) is 27.7 Å². The van der Waals surface area contributed by atoms with Crippen LogP contribution >= 0.6 is 11.3 Å². The third-order valence-electron chi connectivity index (χ3n) is 5.79. The summed E-state index contributed by atoms with van der Waals surface area (Å²) in [4.78, 5) is 16.8. The minimum absolute atomic E-state index is 0.0279. The summed E-state index contributed by atoms with van der Waals surface area (Å²) in [6.45, 7) is 1.34. The largest absolute Gasteiger partial charge is 0.497 e. The lowest BCUT2D eigenvalue weighted by Gasteiger charge is -2.25. The van der Waals surface area contributed by atoms with Crippen molar-refractivity contribution in [1.29, 1.82) is 0 Å². The van der Waals surface area contributed by atoms with Gasteiger partial charge in [0.15, 0.2) is 0 Å². The highest BCUT2D eigenvalue weighted by atomic mass is 32.1. The van der Waals surface area contributed by atoms with Crippen molar-refractivity contribution in [3.63, 3.8) is 0 Å². The van der Waals surface area contributed by atoms with Gasteiger partial charge in [-0.2, -0.15) is 0 Å². The van der Waals surface area contributed by atoms with Gasteiger partial charge in [-0.15, -0.1) is 11.3 Å². The molecule has 1 aliphatic rings. The van der Waals surface area contributed by atoms with Crippen LogP contribution < -0.4 is 14.8 Å². The molecule has 1 aromatic heterocycles. The molecule has 1 aliphatic heterocycles. The molecule has 0 saturated carbocycles. The molecule has 6 heteroatoms. The molecule has 0 radical (unpaired) electrons. The number of nitrogens with zero attached hydrogens (tertiary/aromatic N) is 1. The Morgan fingerprint density at radius 1 is 1.03 bits per heavy atom. The maximum absolute atomic E-state index is 13.1. The Morgan fingerprint density at radius 2 is 1.65 bits per heavy atom. The van der Waals surface area contributed by atoms with Crippen LogP contribution in [0.1, 0.15) is 40.9 Å². The first-order valence-electron chi connectivity index (χ1n) is 10.5. The highest BCUT2D eigenvalue weighted by molar-refractivity contribution is 7.10. The fourth-order valence-electron chi connectivity index (χ4n) is 4.16. The number of ether oxygens (including phenoxy) is 2. The van der Waals surface area contributed by atoms with Crippen LogP contribution in [0.25, 0.3) is 0 Å². The summed E-state index contributed by atoms with van der Waals surface area (Å²) < 4.78 is 10.6. The van der Waals surface area contributed by atoms with E-state index >= 15 is 0 Å². The van der Waals surface area contributed by atoms with Crippen molar-refractivity contribution in [2.24, 2.45) is 0 Å². The number of nitrogens with one attached hydrogen (secondary N) is 1. The Bertz CT molecular complexity index is 924. The molecule has 1 amide bonds. The quantitative estimate of drug-likeness (QED) is 0.551. The van der Waals surface area contributed by atoms with Crippen molar-refractivity contribution in [2.45, 2.75) is 24.9 Å². The average Bonchev–Trinajstić information content (AvgIpc) is 3.50. The molecule has 0 aliphatic carbocycles. The van der Waals surface area contributed by atoms with Crippen LogP contribution in [-0.4, -0.2) is 38.1 Å². The van der Waals surface area contributed by atoms with E-state index in [0.29, 0.717) is 12.6 Å². The number of benzene rings is 2. The monoisotopic (exact) mass is 436 g/mol. The van der Waals surface area contributed by atoms with Gasteiger partial charge in [0, 0.05) is 10.9 Å². The van der Waals surface area contributed by atoms with Crippen LogP contribution in [-0.2, 0) is 4.79 Å². The van der Waals surface area contributed by atoms with Crippen LogP contribution in [0.5, 0.6) is 11.5 Å². The van der Waals surface area contributed by atoms with Gasteiger partial charge in [-0.3, -0.25) is 9.69 Å². The molecule has 3 aromatic rings. The molecule has 2 heterocycles. The summed E-state index contributed by atoms with van der Waals surface area (Å²) in [6.07, 6.45) is 2.23. The second-order valence-electron chi connectivity index (χ2n) is 7.69. The standard InChI is InChI=1S/C25H28N2O3S/c1-29-20-11-7-18(8-12-20)25(19-9-13-21(30-2)14-10-19)26-24(28)17-27-15-3-5-22(27)23-6-4-16-31-23/h4,6-14,16,22,25H,3,5,15,17H2,1-2H3,(H,26,28)/t22-/m1/s1. The van der Waals surface area contributed by atoms with Crippen LogP contribution in [0.2, 0.25) is 0 Å². The number of thiophene rings is 1. The predicted octanol–water partition coefficient (Wildman–Crippen LogP) is 4.81. The predicted molar refractivity (Wildman–Crippen MR) is 124 cm³/mol. The second kappa shape index (κ2) is 9.98. The van der Waals surface area contributed by atoms with Crippen molar-refractivity contribution in [3.8, 4) is 11.5 Å². The van der Waals surface area contributed by atoms with Crippen molar-refractivity contribution >= 4 is 17.2 Å². The fourth-order valence-corrected chi connectivity index (χ4v) is 5.06. The summed E-state index contributed by atoms with van der Waals surface area (Å²) in [5, 5.41) is 5.36. The zero-order valence-electron chi connectivity index (χ0n) is 17.9. The van der Waals surface area contributed by atoms with Gasteiger partial charge in [0.1, 0.15) is 11.5 Å². The Morgan fingerprint density at radius 3 is 2.16 bits per heavy atom. The molecule has 1 N–H and O–H groups in total. The zero-order valence-corrected chi connectivity index (χ0v) is 18.7. The SMILES string of the molecule is COc1ccc(C(NC(=O)CN2CCC[C@@H]2c2cccs2)c2ccc(OC)cc2)cc1. The molecule has 1 saturated heterocycles. The summed E-state index contributed by atoms with van der Waals surface area (Å²) in [5.74, 6) is 1.61. The summed E-state index contributed by atoms with van der Waals surface area (Å²) in [5.41, 5.74) is 2.02. The minimum atomic E-state index is -0.243. The van der Waals surface area contributed by atoms with Gasteiger partial charge in [0.05, 0.1) is 26.8 Å². The molecule has 1 atom stereocenters. The first-order chi connectivity index (χ1) is 15.2. The molecule has 0 spiro atoms. The lowest BCUT2D eigenvalue weighted by atomic mass is 9.98. The Labute approximate surface area is 187 Å². The van der Waals surface area contributed by atoms with Crippen LogP contribution in [0.3, 0.4) is 0 Å². The van der Waals surface area contributed by atoms with Crippen molar-refractivity contribution in [3.05, 3.63) is 82.0 Å². The average molecular weight is 437 g/mol. The van der Waals surface area contributed by atoms with E-state index in [1.165, 1.54) is 4.88 Å². The number of amides is 1. The molecule has 0 bridgehead atoms. The third-order valence-corrected chi connectivity index (χ3v) is 6.76. The van der Waals surface area contributed by atoms with Gasteiger partial charge in [-0.1, -0.05) is 30.3 Å². The number of carbonyl (C=O) groups is 1. The van der Waals surface area contributed by atoms with E-state index in [1.54, 1.807) is 25.6 Å². The lowest BCUT2D eigenvalue weighted by molar-refractivity contribution is -0.123. The highest BCUT2D eigenvalue weighted by Crippen LogP contribution is 2.34. The zero-order chi connectivity index (χ0) is 21.6. The Balaban J connectivity index is 1.52. The van der Waals surface area contributed by atoms with Crippen molar-refractivity contribution in [1.82, 2.24) is 10.2 Å². The topological polar surface area (TPSA) is 50.8 Å². The first kappa shape index (κ1) is 21.4. The second-order valence-corrected chi connectivity index (χ2v) is 8.67. The minimum Gasteiger partial charge on any atom is -0.497 e. The van der Waals surface area contributed by atoms with E-state index in [0.717, 1.165) is 42.0 Å². The van der Waals surface area contributed by atoms with Gasteiger partial charge in [0.2, 0.25) is 5.91 Å². The third kappa shape index (κ3) is 5.09. The maximum atomic E-state index is 13.1. The molecule has 0 unspecified atom stereocenters. The van der Waals surface area contributed by atoms with E-state index in [4.69, 9.17) is 9.47 Å². The van der Waals surface area contributed by atoms with Gasteiger partial charge in [0.25, 0.3) is 0 Å². The molecular weight excluding hydrogens is 408 g/mol. The van der Waals surface area contributed by atoms with Crippen molar-refractivity contribution in [2.75, 3.05) is 27.3 Å². The number of hydrogen-bond acceptors (Lipinski definition) is 5. The first-order valence-corrected chi connectivity index (χ1v) is 11.4. The number of likely N-dealkylation sites (tertiary alicyclic amines) is 1. The lowest BCUT2D eigenvalue weighted by Crippen LogP contribution is -2.38. The molecule has 31 heavy (non-hydrogen) atoms. The Hall–Kier alpha value is -2.83. The molecule has 5 nitrogen and oxygen atoms in total. The van der Waals surface area contributed by atoms with E-state index in [9.17, 15) is 4.79 Å². The van der Waals surface area contributed by atoms with Gasteiger partial charge >= 0.3 is 0 Å². The molecular formula is C25H28N2O3S. The van der Waals surface area contributed by atoms with E-state index in [1.807, 2.05) is 48.5 Å². The van der Waals surface area contributed by atoms with E-state index in [-0.39, 0.29) is 11.9 Å². The van der Waals surface area contributed by atoms with E-state index < -0.39 is 0 Å². The summed E-state index contributed by atoms with van der Waals surface area (Å²) >= 11 is 1.77. The summed E-state index contributed by atoms with van der Waals surface area (Å²) in [6, 6.07) is 20.0. The Kier molecular flexibility index (Phi) is 6.89. The van der Waals surface area contributed by atoms with Crippen LogP contribution in [0.15, 0.2) is 66.0 Å². The molecule has 4 rings (SSSR count). The van der Waals surface area contributed by atoms with Gasteiger partial charge in [-0.05, 0) is 66.2 Å². The molecule has 2 aromatic carbocycles. The van der Waals surface area contributed by atoms with Crippen LogP contribution in [0.4, 0.5) is 0 Å².